The Morgan fingerprint density at radius 3 is 2.50 bits per heavy atom. The summed E-state index contributed by atoms with van der Waals surface area (Å²) in [6, 6.07) is 3.13. The van der Waals surface area contributed by atoms with Crippen molar-refractivity contribution < 1.29 is 23.0 Å². The Hall–Kier alpha value is -1.47. The first kappa shape index (κ1) is 14.9. The van der Waals surface area contributed by atoms with Gasteiger partial charge in [-0.2, -0.15) is 13.2 Å². The summed E-state index contributed by atoms with van der Waals surface area (Å²) < 4.78 is 42.7. The Kier molecular flexibility index (Phi) is 4.10. The largest absolute Gasteiger partial charge is 0.416 e. The number of benzene rings is 1. The normalized spacial score (nSPS) is 18.8. The number of nitrogens with one attached hydrogen (secondary N) is 1. The van der Waals surface area contributed by atoms with Crippen molar-refractivity contribution in [1.29, 1.82) is 0 Å². The van der Waals surface area contributed by atoms with E-state index in [9.17, 15) is 18.3 Å². The van der Waals surface area contributed by atoms with Gasteiger partial charge in [0.1, 0.15) is 0 Å². The van der Waals surface area contributed by atoms with Gasteiger partial charge in [0.05, 0.1) is 22.5 Å². The summed E-state index contributed by atoms with van der Waals surface area (Å²) in [6.45, 7) is 1.17. The SMILES string of the molecule is Nc1cc(C(F)(F)F)ccc1NCC1(O)CCOCC1. The predicted molar refractivity (Wildman–Crippen MR) is 69.3 cm³/mol. The molecular formula is C13H17F3N2O2. The molecule has 2 rings (SSSR count). The molecule has 0 atom stereocenters. The first-order valence-corrected chi connectivity index (χ1v) is 6.31. The van der Waals surface area contributed by atoms with Gasteiger partial charge in [-0.3, -0.25) is 0 Å². The molecule has 0 aromatic heterocycles. The quantitative estimate of drug-likeness (QED) is 0.747. The van der Waals surface area contributed by atoms with E-state index in [1.54, 1.807) is 0 Å². The van der Waals surface area contributed by atoms with Crippen LogP contribution >= 0.6 is 0 Å². The van der Waals surface area contributed by atoms with E-state index in [4.69, 9.17) is 10.5 Å². The summed E-state index contributed by atoms with van der Waals surface area (Å²) in [5, 5.41) is 13.1. The highest BCUT2D eigenvalue weighted by molar-refractivity contribution is 5.67. The van der Waals surface area contributed by atoms with Crippen LogP contribution in [0.2, 0.25) is 0 Å². The predicted octanol–water partition coefficient (Wildman–Crippen LogP) is 2.24. The van der Waals surface area contributed by atoms with Gasteiger partial charge in [-0.25, -0.2) is 0 Å². The molecule has 4 N–H and O–H groups in total. The molecule has 1 aromatic rings. The van der Waals surface area contributed by atoms with Gasteiger partial charge in [-0.15, -0.1) is 0 Å². The van der Waals surface area contributed by atoms with Crippen molar-refractivity contribution in [2.24, 2.45) is 0 Å². The topological polar surface area (TPSA) is 67.5 Å². The summed E-state index contributed by atoms with van der Waals surface area (Å²) >= 11 is 0. The minimum Gasteiger partial charge on any atom is -0.397 e. The van der Waals surface area contributed by atoms with E-state index in [1.807, 2.05) is 0 Å². The lowest BCUT2D eigenvalue weighted by Crippen LogP contribution is -2.42. The standard InChI is InChI=1S/C13H17F3N2O2/c14-13(15,16)9-1-2-11(10(17)7-9)18-8-12(19)3-5-20-6-4-12/h1-2,7,18-19H,3-6,8,17H2. The number of anilines is 2. The molecule has 1 aliphatic heterocycles. The molecule has 1 heterocycles. The van der Waals surface area contributed by atoms with Crippen molar-refractivity contribution in [3.8, 4) is 0 Å². The van der Waals surface area contributed by atoms with Gasteiger partial charge in [-0.05, 0) is 18.2 Å². The molecule has 1 fully saturated rings. The number of rotatable bonds is 3. The van der Waals surface area contributed by atoms with Crippen LogP contribution in [0.25, 0.3) is 0 Å². The van der Waals surface area contributed by atoms with Crippen molar-refractivity contribution in [3.05, 3.63) is 23.8 Å². The zero-order chi connectivity index (χ0) is 14.8. The second-order valence-electron chi connectivity index (χ2n) is 4.99. The third-order valence-corrected chi connectivity index (χ3v) is 3.41. The Labute approximate surface area is 114 Å². The molecular weight excluding hydrogens is 273 g/mol. The first-order valence-electron chi connectivity index (χ1n) is 6.31. The zero-order valence-electron chi connectivity index (χ0n) is 10.8. The second kappa shape index (κ2) is 5.49. The highest BCUT2D eigenvalue weighted by Crippen LogP contribution is 2.33. The Morgan fingerprint density at radius 2 is 1.95 bits per heavy atom. The van der Waals surface area contributed by atoms with Crippen molar-refractivity contribution in [3.63, 3.8) is 0 Å². The van der Waals surface area contributed by atoms with Crippen LogP contribution in [0.4, 0.5) is 24.5 Å². The van der Waals surface area contributed by atoms with E-state index in [0.29, 0.717) is 31.7 Å². The number of hydrogen-bond donors (Lipinski definition) is 3. The van der Waals surface area contributed by atoms with Crippen molar-refractivity contribution in [2.45, 2.75) is 24.6 Å². The maximum Gasteiger partial charge on any atom is 0.416 e. The molecule has 7 heteroatoms. The molecule has 1 aromatic carbocycles. The monoisotopic (exact) mass is 290 g/mol. The highest BCUT2D eigenvalue weighted by atomic mass is 19.4. The minimum absolute atomic E-state index is 0.00971. The van der Waals surface area contributed by atoms with Crippen LogP contribution in [0, 0.1) is 0 Å². The average molecular weight is 290 g/mol. The number of nitrogens with two attached hydrogens (primary N) is 1. The number of alkyl halides is 3. The van der Waals surface area contributed by atoms with Crippen LogP contribution < -0.4 is 11.1 Å². The van der Waals surface area contributed by atoms with E-state index in [-0.39, 0.29) is 12.2 Å². The molecule has 0 amide bonds. The first-order chi connectivity index (χ1) is 9.30. The Morgan fingerprint density at radius 1 is 1.30 bits per heavy atom. The molecule has 0 spiro atoms. The fourth-order valence-electron chi connectivity index (χ4n) is 2.09. The second-order valence-corrected chi connectivity index (χ2v) is 4.99. The van der Waals surface area contributed by atoms with E-state index in [0.717, 1.165) is 12.1 Å². The molecule has 1 aliphatic rings. The highest BCUT2D eigenvalue weighted by Gasteiger charge is 2.32. The fraction of sp³-hybridized carbons (Fsp3) is 0.538. The summed E-state index contributed by atoms with van der Waals surface area (Å²) in [5.41, 5.74) is 4.31. The molecule has 0 bridgehead atoms. The van der Waals surface area contributed by atoms with Gasteiger partial charge in [-0.1, -0.05) is 0 Å². The summed E-state index contributed by atoms with van der Waals surface area (Å²) in [6.07, 6.45) is -3.44. The van der Waals surface area contributed by atoms with Crippen LogP contribution in [0.15, 0.2) is 18.2 Å². The number of nitrogen functional groups attached to an aromatic ring is 1. The molecule has 1 saturated heterocycles. The maximum absolute atomic E-state index is 12.5. The third kappa shape index (κ3) is 3.55. The smallest absolute Gasteiger partial charge is 0.397 e. The van der Waals surface area contributed by atoms with E-state index < -0.39 is 17.3 Å². The van der Waals surface area contributed by atoms with Gasteiger partial charge in [0.25, 0.3) is 0 Å². The molecule has 0 aliphatic carbocycles. The number of halogens is 3. The molecule has 20 heavy (non-hydrogen) atoms. The molecule has 0 saturated carbocycles. The lowest BCUT2D eigenvalue weighted by molar-refractivity contribution is -0.137. The molecule has 4 nitrogen and oxygen atoms in total. The van der Waals surface area contributed by atoms with Gasteiger partial charge in [0.2, 0.25) is 0 Å². The van der Waals surface area contributed by atoms with Crippen LogP contribution in [0.5, 0.6) is 0 Å². The van der Waals surface area contributed by atoms with E-state index in [1.165, 1.54) is 6.07 Å². The van der Waals surface area contributed by atoms with Crippen LogP contribution in [0.1, 0.15) is 18.4 Å². The van der Waals surface area contributed by atoms with E-state index in [2.05, 4.69) is 5.32 Å². The van der Waals surface area contributed by atoms with Crippen LogP contribution in [-0.4, -0.2) is 30.5 Å². The number of hydrogen-bond acceptors (Lipinski definition) is 4. The summed E-state index contributed by atoms with van der Waals surface area (Å²) in [4.78, 5) is 0. The van der Waals surface area contributed by atoms with Crippen molar-refractivity contribution in [2.75, 3.05) is 30.8 Å². The lowest BCUT2D eigenvalue weighted by Gasteiger charge is -2.32. The van der Waals surface area contributed by atoms with Gasteiger partial charge >= 0.3 is 6.18 Å². The van der Waals surface area contributed by atoms with Gasteiger partial charge in [0.15, 0.2) is 0 Å². The molecule has 0 radical (unpaired) electrons. The minimum atomic E-state index is -4.41. The average Bonchev–Trinajstić information content (AvgIpc) is 2.37. The Balaban J connectivity index is 2.03. The maximum atomic E-state index is 12.5. The molecule has 112 valence electrons. The van der Waals surface area contributed by atoms with Gasteiger partial charge in [0, 0.05) is 32.6 Å². The fourth-order valence-corrected chi connectivity index (χ4v) is 2.09. The third-order valence-electron chi connectivity index (χ3n) is 3.41. The number of ether oxygens (including phenoxy) is 1. The number of aliphatic hydroxyl groups is 1. The zero-order valence-corrected chi connectivity index (χ0v) is 10.8. The van der Waals surface area contributed by atoms with Crippen LogP contribution in [-0.2, 0) is 10.9 Å². The summed E-state index contributed by atoms with van der Waals surface area (Å²) in [7, 11) is 0. The molecule has 0 unspecified atom stereocenters. The lowest BCUT2D eigenvalue weighted by atomic mass is 9.94. The van der Waals surface area contributed by atoms with E-state index >= 15 is 0 Å². The van der Waals surface area contributed by atoms with Crippen LogP contribution in [0.3, 0.4) is 0 Å². The van der Waals surface area contributed by atoms with Gasteiger partial charge < -0.3 is 20.9 Å². The van der Waals surface area contributed by atoms with Crippen molar-refractivity contribution >= 4 is 11.4 Å². The summed E-state index contributed by atoms with van der Waals surface area (Å²) in [5.74, 6) is 0. The Bertz CT molecular complexity index is 471. The van der Waals surface area contributed by atoms with Crippen molar-refractivity contribution in [1.82, 2.24) is 0 Å².